The molecule has 0 saturated carbocycles. The van der Waals surface area contributed by atoms with Crippen LogP contribution in [0, 0.1) is 0 Å². The van der Waals surface area contributed by atoms with E-state index in [1.807, 2.05) is 0 Å². The summed E-state index contributed by atoms with van der Waals surface area (Å²) in [7, 11) is 0. The second-order valence-electron chi connectivity index (χ2n) is 3.48. The van der Waals surface area contributed by atoms with E-state index in [1.54, 1.807) is 30.3 Å². The lowest BCUT2D eigenvalue weighted by Crippen LogP contribution is -1.86. The number of halogens is 3. The van der Waals surface area contributed by atoms with Crippen molar-refractivity contribution < 1.29 is 4.74 Å². The Balaban J connectivity index is 2.40. The second kappa shape index (κ2) is 6.04. The third-order valence-electron chi connectivity index (χ3n) is 2.19. The third kappa shape index (κ3) is 3.46. The highest BCUT2D eigenvalue weighted by molar-refractivity contribution is 6.35. The fraction of sp³-hybridized carbons (Fsp3) is 0. The van der Waals surface area contributed by atoms with Gasteiger partial charge in [0.1, 0.15) is 11.5 Å². The lowest BCUT2D eigenvalue weighted by molar-refractivity contribution is 0.484. The van der Waals surface area contributed by atoms with E-state index in [2.05, 4.69) is 10.0 Å². The molecule has 2 aromatic carbocycles. The molecule has 0 aliphatic rings. The fourth-order valence-corrected chi connectivity index (χ4v) is 1.99. The molecule has 0 unspecified atom stereocenters. The first-order chi connectivity index (χ1) is 9.10. The Bertz CT molecular complexity index is 669. The molecule has 0 N–H and O–H groups in total. The van der Waals surface area contributed by atoms with E-state index in [-0.39, 0.29) is 5.69 Å². The Hall–Kier alpha value is -1.58. The van der Waals surface area contributed by atoms with Gasteiger partial charge in [-0.15, -0.1) is 0 Å². The van der Waals surface area contributed by atoms with Crippen LogP contribution in [0.1, 0.15) is 0 Å². The van der Waals surface area contributed by atoms with Crippen LogP contribution in [-0.2, 0) is 0 Å². The maximum atomic E-state index is 8.51. The summed E-state index contributed by atoms with van der Waals surface area (Å²) in [6.45, 7) is 0. The zero-order valence-corrected chi connectivity index (χ0v) is 11.6. The zero-order chi connectivity index (χ0) is 13.8. The van der Waals surface area contributed by atoms with Crippen molar-refractivity contribution in [1.29, 1.82) is 0 Å². The van der Waals surface area contributed by atoms with Gasteiger partial charge in [0.05, 0.1) is 10.7 Å². The van der Waals surface area contributed by atoms with Crippen LogP contribution in [0.15, 0.2) is 41.5 Å². The molecule has 0 aromatic heterocycles. The molecule has 4 nitrogen and oxygen atoms in total. The highest BCUT2D eigenvalue weighted by Gasteiger charge is 2.08. The van der Waals surface area contributed by atoms with Crippen molar-refractivity contribution in [3.63, 3.8) is 0 Å². The van der Waals surface area contributed by atoms with Gasteiger partial charge in [-0.25, -0.2) is 0 Å². The summed E-state index contributed by atoms with van der Waals surface area (Å²) in [5, 5.41) is 4.81. The summed E-state index contributed by atoms with van der Waals surface area (Å²) in [5.74, 6) is 0.759. The van der Waals surface area contributed by atoms with E-state index in [4.69, 9.17) is 45.1 Å². The highest BCUT2D eigenvalue weighted by Crippen LogP contribution is 2.37. The number of rotatable bonds is 3. The molecule has 0 amide bonds. The van der Waals surface area contributed by atoms with Gasteiger partial charge in [-0.3, -0.25) is 0 Å². The molecule has 0 atom stereocenters. The Labute approximate surface area is 124 Å². The van der Waals surface area contributed by atoms with Crippen molar-refractivity contribution in [3.05, 3.63) is 61.9 Å². The average Bonchev–Trinajstić information content (AvgIpc) is 2.36. The summed E-state index contributed by atoms with van der Waals surface area (Å²) in [6.07, 6.45) is 0. The van der Waals surface area contributed by atoms with Crippen LogP contribution < -0.4 is 4.74 Å². The van der Waals surface area contributed by atoms with Crippen LogP contribution >= 0.6 is 34.8 Å². The van der Waals surface area contributed by atoms with Crippen molar-refractivity contribution in [2.45, 2.75) is 0 Å². The maximum Gasteiger partial charge on any atom is 0.146 e. The number of benzene rings is 2. The first kappa shape index (κ1) is 13.8. The second-order valence-corrected chi connectivity index (χ2v) is 4.76. The number of hydrogen-bond donors (Lipinski definition) is 0. The van der Waals surface area contributed by atoms with Crippen molar-refractivity contribution in [3.8, 4) is 11.5 Å². The SMILES string of the molecule is [N-]=[N+]=Nc1cc(Cl)ccc1Oc1ccc(Cl)cc1Cl. The summed E-state index contributed by atoms with van der Waals surface area (Å²) < 4.78 is 5.59. The maximum absolute atomic E-state index is 8.51. The van der Waals surface area contributed by atoms with Gasteiger partial charge < -0.3 is 4.74 Å². The minimum atomic E-state index is 0.279. The van der Waals surface area contributed by atoms with Crippen molar-refractivity contribution >= 4 is 40.5 Å². The molecule has 2 aromatic rings. The molecular weight excluding hydrogens is 309 g/mol. The van der Waals surface area contributed by atoms with Crippen LogP contribution in [0.25, 0.3) is 10.4 Å². The topological polar surface area (TPSA) is 58.0 Å². The van der Waals surface area contributed by atoms with E-state index in [0.717, 1.165) is 0 Å². The fourth-order valence-electron chi connectivity index (χ4n) is 1.38. The van der Waals surface area contributed by atoms with Crippen LogP contribution in [0.3, 0.4) is 0 Å². The summed E-state index contributed by atoms with van der Waals surface area (Å²) in [5.41, 5.74) is 8.79. The third-order valence-corrected chi connectivity index (χ3v) is 2.95. The van der Waals surface area contributed by atoms with E-state index in [0.29, 0.717) is 26.6 Å². The number of hydrogen-bond acceptors (Lipinski definition) is 2. The minimum Gasteiger partial charge on any atom is -0.455 e. The molecule has 0 saturated heterocycles. The van der Waals surface area contributed by atoms with Gasteiger partial charge in [-0.1, -0.05) is 39.9 Å². The molecule has 0 aliphatic heterocycles. The molecule has 19 heavy (non-hydrogen) atoms. The molecule has 0 radical (unpaired) electrons. The van der Waals surface area contributed by atoms with E-state index >= 15 is 0 Å². The van der Waals surface area contributed by atoms with Gasteiger partial charge in [0.25, 0.3) is 0 Å². The Kier molecular flexibility index (Phi) is 4.40. The van der Waals surface area contributed by atoms with Crippen LogP contribution in [-0.4, -0.2) is 0 Å². The number of azide groups is 1. The van der Waals surface area contributed by atoms with E-state index in [9.17, 15) is 0 Å². The normalized spacial score (nSPS) is 9.84. The summed E-state index contributed by atoms with van der Waals surface area (Å²) >= 11 is 17.6. The average molecular weight is 315 g/mol. The standard InChI is InChI=1S/C12H6Cl3N3O/c13-7-1-3-11(9(15)5-7)19-12-4-2-8(14)6-10(12)17-18-16/h1-6H. The van der Waals surface area contributed by atoms with Crippen LogP contribution in [0.4, 0.5) is 5.69 Å². The Morgan fingerprint density at radius 1 is 0.947 bits per heavy atom. The van der Waals surface area contributed by atoms with E-state index in [1.165, 1.54) is 6.07 Å². The lowest BCUT2D eigenvalue weighted by atomic mass is 10.3. The molecule has 0 fully saturated rings. The van der Waals surface area contributed by atoms with Crippen molar-refractivity contribution in [1.82, 2.24) is 0 Å². The molecule has 0 heterocycles. The molecule has 0 bridgehead atoms. The molecule has 0 spiro atoms. The first-order valence-corrected chi connectivity index (χ1v) is 6.21. The van der Waals surface area contributed by atoms with Gasteiger partial charge >= 0.3 is 0 Å². The number of nitrogens with zero attached hydrogens (tertiary/aromatic N) is 3. The predicted octanol–water partition coefficient (Wildman–Crippen LogP) is 6.38. The van der Waals surface area contributed by atoms with Gasteiger partial charge in [0.2, 0.25) is 0 Å². The van der Waals surface area contributed by atoms with Gasteiger partial charge in [-0.05, 0) is 41.9 Å². The molecule has 2 rings (SSSR count). The van der Waals surface area contributed by atoms with E-state index < -0.39 is 0 Å². The Morgan fingerprint density at radius 3 is 2.21 bits per heavy atom. The van der Waals surface area contributed by atoms with Crippen molar-refractivity contribution in [2.24, 2.45) is 5.11 Å². The van der Waals surface area contributed by atoms with Crippen molar-refractivity contribution in [2.75, 3.05) is 0 Å². The largest absolute Gasteiger partial charge is 0.455 e. The predicted molar refractivity (Wildman–Crippen MR) is 76.8 cm³/mol. The summed E-state index contributed by atoms with van der Waals surface area (Å²) in [4.78, 5) is 2.72. The molecule has 7 heteroatoms. The quantitative estimate of drug-likeness (QED) is 0.368. The van der Waals surface area contributed by atoms with Gasteiger partial charge in [-0.2, -0.15) is 0 Å². The molecule has 0 aliphatic carbocycles. The monoisotopic (exact) mass is 313 g/mol. The number of ether oxygens (including phenoxy) is 1. The van der Waals surface area contributed by atoms with Gasteiger partial charge in [0.15, 0.2) is 0 Å². The first-order valence-electron chi connectivity index (χ1n) is 5.07. The minimum absolute atomic E-state index is 0.279. The highest BCUT2D eigenvalue weighted by atomic mass is 35.5. The van der Waals surface area contributed by atoms with Gasteiger partial charge in [0, 0.05) is 15.0 Å². The van der Waals surface area contributed by atoms with Crippen LogP contribution in [0.5, 0.6) is 11.5 Å². The smallest absolute Gasteiger partial charge is 0.146 e. The zero-order valence-electron chi connectivity index (χ0n) is 9.35. The molecular formula is C12H6Cl3N3O. The molecule has 96 valence electrons. The Morgan fingerprint density at radius 2 is 1.58 bits per heavy atom. The lowest BCUT2D eigenvalue weighted by Gasteiger charge is -2.10. The van der Waals surface area contributed by atoms with Crippen LogP contribution in [0.2, 0.25) is 15.1 Å². The summed E-state index contributed by atoms with van der Waals surface area (Å²) in [6, 6.07) is 9.54.